The Bertz CT molecular complexity index is 1650. The van der Waals surface area contributed by atoms with Crippen LogP contribution >= 0.6 is 0 Å². The molecule has 0 saturated carbocycles. The summed E-state index contributed by atoms with van der Waals surface area (Å²) in [5.41, 5.74) is 6.83. The third-order valence-corrected chi connectivity index (χ3v) is 5.91. The summed E-state index contributed by atoms with van der Waals surface area (Å²) in [6, 6.07) is 39.4. The molecule has 5 rings (SSSR count). The smallest absolute Gasteiger partial charge is 0.343 e. The van der Waals surface area contributed by atoms with Crippen LogP contribution in [0, 0.1) is 0 Å². The Balaban J connectivity index is 1.13. The molecule has 0 aliphatic rings. The van der Waals surface area contributed by atoms with Gasteiger partial charge in [0, 0.05) is 0 Å². The van der Waals surface area contributed by atoms with Gasteiger partial charge in [-0.2, -0.15) is 20.5 Å². The first-order chi connectivity index (χ1) is 19.6. The van der Waals surface area contributed by atoms with Crippen LogP contribution in [0.3, 0.4) is 0 Å². The van der Waals surface area contributed by atoms with Gasteiger partial charge in [-0.25, -0.2) is 4.79 Å². The number of carbonyl (C=O) groups is 1. The number of rotatable bonds is 8. The Morgan fingerprint density at radius 1 is 0.525 bits per heavy atom. The van der Waals surface area contributed by atoms with Crippen molar-refractivity contribution in [2.24, 2.45) is 20.5 Å². The highest BCUT2D eigenvalue weighted by Crippen LogP contribution is 2.23. The van der Waals surface area contributed by atoms with Crippen LogP contribution in [-0.4, -0.2) is 13.8 Å². The van der Waals surface area contributed by atoms with Crippen molar-refractivity contribution in [2.75, 3.05) is 0 Å². The van der Waals surface area contributed by atoms with Crippen molar-refractivity contribution in [1.29, 1.82) is 0 Å². The lowest BCUT2D eigenvalue weighted by Gasteiger charge is -2.04. The summed E-state index contributed by atoms with van der Waals surface area (Å²) in [7, 11) is 2.05. The van der Waals surface area contributed by atoms with E-state index in [1.54, 1.807) is 48.5 Å². The number of nitrogens with zero attached hydrogens (tertiary/aromatic N) is 4. The quantitative estimate of drug-likeness (QED) is 0.0680. The largest absolute Gasteiger partial charge is 0.423 e. The van der Waals surface area contributed by atoms with Gasteiger partial charge in [-0.3, -0.25) is 0 Å². The Morgan fingerprint density at radius 3 is 1.38 bits per heavy atom. The molecule has 0 aromatic heterocycles. The maximum absolute atomic E-state index is 12.2. The molecule has 0 fully saturated rings. The van der Waals surface area contributed by atoms with Gasteiger partial charge in [0.25, 0.3) is 0 Å². The first-order valence-corrected chi connectivity index (χ1v) is 12.8. The molecule has 40 heavy (non-hydrogen) atoms. The number of esters is 1. The molecular formula is C33H25BN4O2. The van der Waals surface area contributed by atoms with E-state index in [0.717, 1.165) is 28.2 Å². The topological polar surface area (TPSA) is 75.7 Å². The number of azo groups is 2. The van der Waals surface area contributed by atoms with Crippen molar-refractivity contribution in [2.45, 2.75) is 0 Å². The van der Waals surface area contributed by atoms with E-state index in [1.807, 2.05) is 98.9 Å². The Kier molecular flexibility index (Phi) is 8.44. The highest BCUT2D eigenvalue weighted by atomic mass is 16.5. The van der Waals surface area contributed by atoms with Crippen LogP contribution in [0.4, 0.5) is 22.7 Å². The van der Waals surface area contributed by atoms with Gasteiger partial charge in [-0.05, 0) is 83.9 Å². The van der Waals surface area contributed by atoms with Gasteiger partial charge in [-0.15, -0.1) is 0 Å². The summed E-state index contributed by atoms with van der Waals surface area (Å²) in [5.74, 6) is 0.0479. The SMILES string of the molecule is Bc1ccc(N=Nc2ccc(/C=C/c3ccc(N=Nc4ccc(OC(=O)c5ccccc5)cc4)cc3)cc2)cc1. The molecule has 0 radical (unpaired) electrons. The van der Waals surface area contributed by atoms with E-state index in [4.69, 9.17) is 4.74 Å². The van der Waals surface area contributed by atoms with Gasteiger partial charge in [0.1, 0.15) is 13.6 Å². The van der Waals surface area contributed by atoms with Crippen molar-refractivity contribution in [3.05, 3.63) is 144 Å². The first kappa shape index (κ1) is 26.2. The molecular weight excluding hydrogens is 495 g/mol. The molecule has 0 amide bonds. The molecule has 6 nitrogen and oxygen atoms in total. The Labute approximate surface area is 233 Å². The number of hydrogen-bond donors (Lipinski definition) is 0. The third-order valence-electron chi connectivity index (χ3n) is 5.91. The number of hydrogen-bond acceptors (Lipinski definition) is 6. The molecule has 192 valence electrons. The molecule has 0 spiro atoms. The standard InChI is InChI=1S/C33H25BN4O2/c34-27-12-18-30(19-13-27)37-35-28-14-8-24(9-15-28)6-7-25-10-16-29(17-11-25)36-38-31-20-22-32(23-21-31)40-33(39)26-4-2-1-3-5-26/h1-23H,34H2/b7-6+,37-35?,38-36?. The number of ether oxygens (including phenoxy) is 1. The Hall–Kier alpha value is -5.43. The van der Waals surface area contributed by atoms with Crippen LogP contribution in [0.5, 0.6) is 5.75 Å². The summed E-state index contributed by atoms with van der Waals surface area (Å²) in [5, 5.41) is 17.2. The molecule has 0 saturated heterocycles. The van der Waals surface area contributed by atoms with Gasteiger partial charge in [0.2, 0.25) is 0 Å². The van der Waals surface area contributed by atoms with Crippen molar-refractivity contribution >= 4 is 54.2 Å². The fraction of sp³-hybridized carbons (Fsp3) is 0. The molecule has 5 aromatic carbocycles. The van der Waals surface area contributed by atoms with Gasteiger partial charge in [0.05, 0.1) is 28.3 Å². The lowest BCUT2D eigenvalue weighted by molar-refractivity contribution is 0.0735. The summed E-state index contributed by atoms with van der Waals surface area (Å²) in [6.07, 6.45) is 4.09. The van der Waals surface area contributed by atoms with Crippen molar-refractivity contribution < 1.29 is 9.53 Å². The van der Waals surface area contributed by atoms with Gasteiger partial charge < -0.3 is 4.74 Å². The van der Waals surface area contributed by atoms with E-state index in [1.165, 1.54) is 5.46 Å². The van der Waals surface area contributed by atoms with Crippen LogP contribution in [-0.2, 0) is 0 Å². The van der Waals surface area contributed by atoms with E-state index in [2.05, 4.69) is 20.5 Å². The molecule has 0 N–H and O–H groups in total. The first-order valence-electron chi connectivity index (χ1n) is 12.8. The van der Waals surface area contributed by atoms with Crippen LogP contribution in [0.1, 0.15) is 21.5 Å². The second-order valence-electron chi connectivity index (χ2n) is 9.00. The van der Waals surface area contributed by atoms with Crippen LogP contribution in [0.2, 0.25) is 0 Å². The second kappa shape index (κ2) is 12.9. The normalized spacial score (nSPS) is 11.4. The highest BCUT2D eigenvalue weighted by molar-refractivity contribution is 6.32. The summed E-state index contributed by atoms with van der Waals surface area (Å²) >= 11 is 0. The fourth-order valence-electron chi connectivity index (χ4n) is 3.66. The third kappa shape index (κ3) is 7.55. The lowest BCUT2D eigenvalue weighted by Crippen LogP contribution is -2.07. The van der Waals surface area contributed by atoms with E-state index >= 15 is 0 Å². The molecule has 5 aromatic rings. The second-order valence-corrected chi connectivity index (χ2v) is 9.00. The predicted octanol–water partition coefficient (Wildman–Crippen LogP) is 8.17. The van der Waals surface area contributed by atoms with Crippen LogP contribution in [0.15, 0.2) is 148 Å². The van der Waals surface area contributed by atoms with Crippen molar-refractivity contribution in [3.8, 4) is 5.75 Å². The zero-order valence-electron chi connectivity index (χ0n) is 21.9. The Morgan fingerprint density at radius 2 is 0.925 bits per heavy atom. The maximum Gasteiger partial charge on any atom is 0.343 e. The fourth-order valence-corrected chi connectivity index (χ4v) is 3.66. The van der Waals surface area contributed by atoms with Crippen molar-refractivity contribution in [1.82, 2.24) is 0 Å². The average Bonchev–Trinajstić information content (AvgIpc) is 3.01. The van der Waals surface area contributed by atoms with Crippen LogP contribution in [0.25, 0.3) is 12.2 Å². The average molecular weight is 520 g/mol. The number of benzene rings is 5. The predicted molar refractivity (Wildman–Crippen MR) is 163 cm³/mol. The van der Waals surface area contributed by atoms with Gasteiger partial charge in [0.15, 0.2) is 0 Å². The molecule has 0 bridgehead atoms. The van der Waals surface area contributed by atoms with Crippen molar-refractivity contribution in [3.63, 3.8) is 0 Å². The lowest BCUT2D eigenvalue weighted by atomic mass is 9.96. The molecule has 0 atom stereocenters. The molecule has 0 unspecified atom stereocenters. The van der Waals surface area contributed by atoms with E-state index in [0.29, 0.717) is 17.0 Å². The molecule has 7 heteroatoms. The highest BCUT2D eigenvalue weighted by Gasteiger charge is 2.07. The minimum Gasteiger partial charge on any atom is -0.423 e. The zero-order valence-corrected chi connectivity index (χ0v) is 21.9. The van der Waals surface area contributed by atoms with Crippen LogP contribution < -0.4 is 10.2 Å². The monoisotopic (exact) mass is 520 g/mol. The number of carbonyl (C=O) groups excluding carboxylic acids is 1. The van der Waals surface area contributed by atoms with E-state index < -0.39 is 5.97 Å². The maximum atomic E-state index is 12.2. The minimum atomic E-state index is -0.401. The van der Waals surface area contributed by atoms with E-state index in [9.17, 15) is 4.79 Å². The molecule has 0 aliphatic carbocycles. The van der Waals surface area contributed by atoms with Gasteiger partial charge >= 0.3 is 5.97 Å². The summed E-state index contributed by atoms with van der Waals surface area (Å²) < 4.78 is 5.40. The summed E-state index contributed by atoms with van der Waals surface area (Å²) in [6.45, 7) is 0. The molecule has 0 aliphatic heterocycles. The minimum absolute atomic E-state index is 0.401. The van der Waals surface area contributed by atoms with E-state index in [-0.39, 0.29) is 0 Å². The molecule has 0 heterocycles. The van der Waals surface area contributed by atoms with Gasteiger partial charge in [-0.1, -0.05) is 72.2 Å². The summed E-state index contributed by atoms with van der Waals surface area (Å²) in [4.78, 5) is 12.2. The zero-order chi connectivity index (χ0) is 27.6.